The summed E-state index contributed by atoms with van der Waals surface area (Å²) >= 11 is 0. The minimum absolute atomic E-state index is 0.182. The Morgan fingerprint density at radius 1 is 1.23 bits per heavy atom. The van der Waals surface area contributed by atoms with Gasteiger partial charge in [0, 0.05) is 13.5 Å². The van der Waals surface area contributed by atoms with Gasteiger partial charge in [-0.15, -0.1) is 0 Å². The Morgan fingerprint density at radius 3 is 2.00 bits per heavy atom. The maximum atomic E-state index is 10.1. The fourth-order valence-corrected chi connectivity index (χ4v) is 0.518. The molecule has 80 valence electrons. The zero-order chi connectivity index (χ0) is 10.5. The van der Waals surface area contributed by atoms with Gasteiger partial charge in [0.05, 0.1) is 6.61 Å². The van der Waals surface area contributed by atoms with Crippen LogP contribution in [0, 0.1) is 0 Å². The fraction of sp³-hybridized carbons (Fsp3) is 0.900. The zero-order valence-electron chi connectivity index (χ0n) is 9.01. The van der Waals surface area contributed by atoms with Gasteiger partial charge in [0.25, 0.3) is 0 Å². The van der Waals surface area contributed by atoms with Crippen molar-refractivity contribution in [3.63, 3.8) is 0 Å². The second-order valence-corrected chi connectivity index (χ2v) is 2.77. The van der Waals surface area contributed by atoms with Crippen LogP contribution in [0.4, 0.5) is 0 Å². The molecule has 0 heterocycles. The highest BCUT2D eigenvalue weighted by Gasteiger charge is 1.88. The van der Waals surface area contributed by atoms with Crippen molar-refractivity contribution >= 4 is 5.97 Å². The van der Waals surface area contributed by atoms with E-state index in [1.54, 1.807) is 0 Å². The Hall–Kier alpha value is -0.570. The largest absolute Gasteiger partial charge is 0.466 e. The van der Waals surface area contributed by atoms with Crippen LogP contribution in [0.5, 0.6) is 0 Å². The second-order valence-electron chi connectivity index (χ2n) is 2.77. The van der Waals surface area contributed by atoms with Crippen molar-refractivity contribution in [1.29, 1.82) is 0 Å². The molecule has 0 atom stereocenters. The highest BCUT2D eigenvalue weighted by atomic mass is 16.5. The molecule has 3 nitrogen and oxygen atoms in total. The highest BCUT2D eigenvalue weighted by Crippen LogP contribution is 1.86. The van der Waals surface area contributed by atoms with Crippen LogP contribution in [0.2, 0.25) is 0 Å². The van der Waals surface area contributed by atoms with E-state index < -0.39 is 0 Å². The van der Waals surface area contributed by atoms with Crippen LogP contribution in [0.1, 0.15) is 46.5 Å². The smallest absolute Gasteiger partial charge is 0.302 e. The van der Waals surface area contributed by atoms with E-state index >= 15 is 0 Å². The molecule has 13 heavy (non-hydrogen) atoms. The third kappa shape index (κ3) is 24.6. The maximum Gasteiger partial charge on any atom is 0.302 e. The molecule has 0 fully saturated rings. The lowest BCUT2D eigenvalue weighted by Gasteiger charge is -1.96. The van der Waals surface area contributed by atoms with Crippen LogP contribution in [-0.4, -0.2) is 24.3 Å². The Labute approximate surface area is 81.1 Å². The lowest BCUT2D eigenvalue weighted by Crippen LogP contribution is -1.99. The summed E-state index contributed by atoms with van der Waals surface area (Å²) in [6.45, 7) is 6.46. The van der Waals surface area contributed by atoms with Crippen molar-refractivity contribution in [1.82, 2.24) is 0 Å². The minimum atomic E-state index is -0.182. The van der Waals surface area contributed by atoms with Gasteiger partial charge < -0.3 is 9.84 Å². The number of aliphatic hydroxyl groups excluding tert-OH is 1. The molecule has 0 aliphatic rings. The van der Waals surface area contributed by atoms with E-state index in [1.807, 2.05) is 0 Å². The lowest BCUT2D eigenvalue weighted by atomic mass is 10.4. The number of carbonyl (C=O) groups is 1. The van der Waals surface area contributed by atoms with Gasteiger partial charge in [0.2, 0.25) is 0 Å². The van der Waals surface area contributed by atoms with E-state index in [9.17, 15) is 4.79 Å². The van der Waals surface area contributed by atoms with Crippen molar-refractivity contribution in [2.45, 2.75) is 46.5 Å². The molecular weight excluding hydrogens is 168 g/mol. The van der Waals surface area contributed by atoms with Gasteiger partial charge in [-0.05, 0) is 12.8 Å². The van der Waals surface area contributed by atoms with Crippen LogP contribution >= 0.6 is 0 Å². The van der Waals surface area contributed by atoms with Crippen molar-refractivity contribution in [2.75, 3.05) is 13.2 Å². The van der Waals surface area contributed by atoms with E-state index in [4.69, 9.17) is 5.11 Å². The molecule has 0 aliphatic heterocycles. The Kier molecular flexibility index (Phi) is 16.1. The first kappa shape index (κ1) is 14.9. The molecule has 3 heteroatoms. The molecule has 0 aromatic carbocycles. The number of unbranched alkanes of at least 4 members (excludes halogenated alkanes) is 2. The quantitative estimate of drug-likeness (QED) is 0.533. The molecule has 0 bridgehead atoms. The van der Waals surface area contributed by atoms with Gasteiger partial charge in [-0.1, -0.05) is 26.7 Å². The molecule has 0 unspecified atom stereocenters. The molecule has 0 spiro atoms. The predicted molar refractivity (Wildman–Crippen MR) is 53.5 cm³/mol. The van der Waals surface area contributed by atoms with Crippen LogP contribution in [0.25, 0.3) is 0 Å². The van der Waals surface area contributed by atoms with Crippen molar-refractivity contribution in [3.8, 4) is 0 Å². The number of esters is 1. The zero-order valence-corrected chi connectivity index (χ0v) is 9.01. The SMILES string of the molecule is CCCCO.CCCCOC(C)=O. The summed E-state index contributed by atoms with van der Waals surface area (Å²) in [5, 5.41) is 8.07. The van der Waals surface area contributed by atoms with E-state index in [-0.39, 0.29) is 5.97 Å². The van der Waals surface area contributed by atoms with Gasteiger partial charge in [0.1, 0.15) is 0 Å². The first-order valence-corrected chi connectivity index (χ1v) is 4.93. The van der Waals surface area contributed by atoms with Crippen LogP contribution < -0.4 is 0 Å². The molecule has 0 aromatic rings. The summed E-state index contributed by atoms with van der Waals surface area (Å²) in [6.07, 6.45) is 4.09. The normalized spacial score (nSPS) is 8.62. The van der Waals surface area contributed by atoms with E-state index in [0.29, 0.717) is 13.2 Å². The summed E-state index contributed by atoms with van der Waals surface area (Å²) in [5.74, 6) is -0.182. The van der Waals surface area contributed by atoms with Gasteiger partial charge in [-0.3, -0.25) is 4.79 Å². The summed E-state index contributed by atoms with van der Waals surface area (Å²) < 4.78 is 4.64. The van der Waals surface area contributed by atoms with Crippen LogP contribution in [-0.2, 0) is 9.53 Å². The Balaban J connectivity index is 0. The van der Waals surface area contributed by atoms with Crippen molar-refractivity contribution in [2.24, 2.45) is 0 Å². The second kappa shape index (κ2) is 14.0. The van der Waals surface area contributed by atoms with Crippen molar-refractivity contribution in [3.05, 3.63) is 0 Å². The summed E-state index contributed by atoms with van der Waals surface area (Å²) in [7, 11) is 0. The molecule has 0 aromatic heterocycles. The molecule has 0 saturated heterocycles. The average molecular weight is 190 g/mol. The molecule has 0 saturated carbocycles. The highest BCUT2D eigenvalue weighted by molar-refractivity contribution is 5.65. The summed E-state index contributed by atoms with van der Waals surface area (Å²) in [5.41, 5.74) is 0. The van der Waals surface area contributed by atoms with Gasteiger partial charge >= 0.3 is 5.97 Å². The number of rotatable bonds is 5. The van der Waals surface area contributed by atoms with E-state index in [2.05, 4.69) is 18.6 Å². The lowest BCUT2D eigenvalue weighted by molar-refractivity contribution is -0.141. The summed E-state index contributed by atoms with van der Waals surface area (Å²) in [6, 6.07) is 0. The molecule has 0 aliphatic carbocycles. The standard InChI is InChI=1S/C6H12O2.C4H10O/c1-3-4-5-8-6(2)7;1-2-3-4-5/h3-5H2,1-2H3;5H,2-4H2,1H3. The molecule has 1 N–H and O–H groups in total. The molecule has 0 amide bonds. The monoisotopic (exact) mass is 190 g/mol. The Bertz CT molecular complexity index is 100. The molecule has 0 radical (unpaired) electrons. The fourth-order valence-electron chi connectivity index (χ4n) is 0.518. The number of aliphatic hydroxyl groups is 1. The Morgan fingerprint density at radius 2 is 1.77 bits per heavy atom. The van der Waals surface area contributed by atoms with E-state index in [0.717, 1.165) is 25.7 Å². The predicted octanol–water partition coefficient (Wildman–Crippen LogP) is 2.13. The maximum absolute atomic E-state index is 10.1. The summed E-state index contributed by atoms with van der Waals surface area (Å²) in [4.78, 5) is 10.1. The molecule has 0 rings (SSSR count). The first-order chi connectivity index (χ1) is 6.18. The first-order valence-electron chi connectivity index (χ1n) is 4.93. The van der Waals surface area contributed by atoms with E-state index in [1.165, 1.54) is 6.92 Å². The van der Waals surface area contributed by atoms with Crippen LogP contribution in [0.15, 0.2) is 0 Å². The third-order valence-electron chi connectivity index (χ3n) is 1.31. The average Bonchev–Trinajstić information content (AvgIpc) is 2.07. The van der Waals surface area contributed by atoms with Crippen molar-refractivity contribution < 1.29 is 14.6 Å². The van der Waals surface area contributed by atoms with Crippen LogP contribution in [0.3, 0.4) is 0 Å². The number of ether oxygens (including phenoxy) is 1. The molecular formula is C10H22O3. The number of hydrogen-bond acceptors (Lipinski definition) is 3. The number of carbonyl (C=O) groups excluding carboxylic acids is 1. The number of hydrogen-bond donors (Lipinski definition) is 1. The van der Waals surface area contributed by atoms with Gasteiger partial charge in [-0.25, -0.2) is 0 Å². The van der Waals surface area contributed by atoms with Gasteiger partial charge in [-0.2, -0.15) is 0 Å². The minimum Gasteiger partial charge on any atom is -0.466 e. The third-order valence-corrected chi connectivity index (χ3v) is 1.31. The van der Waals surface area contributed by atoms with Gasteiger partial charge in [0.15, 0.2) is 0 Å². The topological polar surface area (TPSA) is 46.5 Å².